The number of anilines is 1. The molecule has 0 bridgehead atoms. The van der Waals surface area contributed by atoms with E-state index in [2.05, 4.69) is 0 Å². The molecule has 0 atom stereocenters. The minimum Gasteiger partial charge on any atom is -0.550 e. The van der Waals surface area contributed by atoms with Crippen molar-refractivity contribution in [3.63, 3.8) is 0 Å². The van der Waals surface area contributed by atoms with Crippen molar-refractivity contribution >= 4 is 63.3 Å². The number of fused-ring (bicyclic) bond motifs is 1. The first-order valence-electron chi connectivity index (χ1n) is 7.25. The Bertz CT molecular complexity index is 877. The maximum absolute atomic E-state index is 12.7. The van der Waals surface area contributed by atoms with Crippen molar-refractivity contribution in [2.24, 2.45) is 0 Å². The third-order valence-corrected chi connectivity index (χ3v) is 5.21. The van der Waals surface area contributed by atoms with Crippen LogP contribution in [0.4, 0.5) is 5.69 Å². The number of thiocarbonyl (C=S) groups is 1. The zero-order valence-electron chi connectivity index (χ0n) is 13.0. The van der Waals surface area contributed by atoms with Gasteiger partial charge in [-0.1, -0.05) is 42.2 Å². The third-order valence-electron chi connectivity index (χ3n) is 3.76. The summed E-state index contributed by atoms with van der Waals surface area (Å²) in [5, 5.41) is 10.6. The molecule has 128 valence electrons. The van der Waals surface area contributed by atoms with Gasteiger partial charge in [0.05, 0.1) is 16.2 Å². The van der Waals surface area contributed by atoms with Crippen LogP contribution in [-0.4, -0.2) is 39.5 Å². The summed E-state index contributed by atoms with van der Waals surface area (Å²) in [7, 11) is 0. The summed E-state index contributed by atoms with van der Waals surface area (Å²) in [6.45, 7) is 1.14. The minimum atomic E-state index is -1.30. The van der Waals surface area contributed by atoms with E-state index in [1.54, 1.807) is 24.3 Å². The van der Waals surface area contributed by atoms with Gasteiger partial charge in [-0.25, -0.2) is 4.90 Å². The van der Waals surface area contributed by atoms with E-state index in [1.165, 1.54) is 6.92 Å². The molecule has 0 spiro atoms. The van der Waals surface area contributed by atoms with Crippen LogP contribution >= 0.6 is 24.0 Å². The largest absolute Gasteiger partial charge is 0.550 e. The summed E-state index contributed by atoms with van der Waals surface area (Å²) in [5.74, 6) is -2.89. The second kappa shape index (κ2) is 6.41. The van der Waals surface area contributed by atoms with Crippen LogP contribution < -0.4 is 10.0 Å². The predicted molar refractivity (Wildman–Crippen MR) is 93.1 cm³/mol. The number of para-hydroxylation sites is 1. The van der Waals surface area contributed by atoms with Gasteiger partial charge in [-0.3, -0.25) is 19.3 Å². The van der Waals surface area contributed by atoms with Crippen LogP contribution in [0.2, 0.25) is 0 Å². The molecule has 0 aromatic heterocycles. The highest BCUT2D eigenvalue weighted by molar-refractivity contribution is 8.26. The van der Waals surface area contributed by atoms with Crippen molar-refractivity contribution in [2.75, 3.05) is 11.4 Å². The van der Waals surface area contributed by atoms with E-state index in [1.807, 2.05) is 0 Å². The number of imide groups is 1. The van der Waals surface area contributed by atoms with Crippen LogP contribution in [0.5, 0.6) is 0 Å². The van der Waals surface area contributed by atoms with Crippen LogP contribution in [-0.2, 0) is 19.2 Å². The molecule has 0 unspecified atom stereocenters. The lowest BCUT2D eigenvalue weighted by Crippen LogP contribution is -2.34. The molecule has 1 aromatic rings. The molecule has 2 aliphatic heterocycles. The van der Waals surface area contributed by atoms with E-state index in [-0.39, 0.29) is 27.8 Å². The molecule has 0 saturated carbocycles. The molecule has 0 radical (unpaired) electrons. The highest BCUT2D eigenvalue weighted by Crippen LogP contribution is 2.44. The number of carboxylic acid groups (broad SMARTS) is 1. The Hall–Kier alpha value is -2.52. The topological polar surface area (TPSA) is 97.8 Å². The smallest absolute Gasteiger partial charge is 0.267 e. The van der Waals surface area contributed by atoms with Gasteiger partial charge in [0, 0.05) is 31.4 Å². The van der Waals surface area contributed by atoms with Crippen LogP contribution in [0.3, 0.4) is 0 Å². The second-order valence-corrected chi connectivity index (χ2v) is 6.97. The van der Waals surface area contributed by atoms with Gasteiger partial charge >= 0.3 is 0 Å². The van der Waals surface area contributed by atoms with E-state index >= 15 is 0 Å². The normalized spacial score (nSPS) is 19.6. The van der Waals surface area contributed by atoms with Gasteiger partial charge in [0.2, 0.25) is 5.91 Å². The molecule has 9 heteroatoms. The maximum atomic E-state index is 12.7. The number of carbonyl (C=O) groups excluding carboxylic acids is 4. The van der Waals surface area contributed by atoms with Gasteiger partial charge in [0.15, 0.2) is 0 Å². The summed E-state index contributed by atoms with van der Waals surface area (Å²) in [5.41, 5.74) is 0.997. The molecular weight excluding hydrogens is 364 g/mol. The summed E-state index contributed by atoms with van der Waals surface area (Å²) in [4.78, 5) is 50.1. The lowest BCUT2D eigenvalue weighted by atomic mass is 10.1. The first-order chi connectivity index (χ1) is 11.8. The van der Waals surface area contributed by atoms with E-state index in [4.69, 9.17) is 12.2 Å². The fourth-order valence-electron chi connectivity index (χ4n) is 2.69. The molecular formula is C16H11N2O5S2-. The van der Waals surface area contributed by atoms with E-state index in [0.29, 0.717) is 11.3 Å². The number of benzene rings is 1. The van der Waals surface area contributed by atoms with Crippen LogP contribution in [0.15, 0.2) is 29.2 Å². The summed E-state index contributed by atoms with van der Waals surface area (Å²) >= 11 is 6.06. The number of carbonyl (C=O) groups is 4. The minimum absolute atomic E-state index is 0.101. The first kappa shape index (κ1) is 17.3. The number of carboxylic acids is 1. The quantitative estimate of drug-likeness (QED) is 0.553. The number of hydrogen-bond donors (Lipinski definition) is 0. The molecule has 3 rings (SSSR count). The van der Waals surface area contributed by atoms with Gasteiger partial charge in [0.25, 0.3) is 11.8 Å². The Morgan fingerprint density at radius 3 is 2.52 bits per heavy atom. The van der Waals surface area contributed by atoms with Crippen molar-refractivity contribution in [1.82, 2.24) is 4.90 Å². The van der Waals surface area contributed by atoms with Crippen molar-refractivity contribution in [2.45, 2.75) is 13.3 Å². The average molecular weight is 375 g/mol. The zero-order chi connectivity index (χ0) is 18.3. The van der Waals surface area contributed by atoms with Crippen molar-refractivity contribution in [3.8, 4) is 0 Å². The predicted octanol–water partition coefficient (Wildman–Crippen LogP) is 0.291. The molecule has 1 fully saturated rings. The lowest BCUT2D eigenvalue weighted by Gasteiger charge is -2.14. The number of aliphatic carboxylic acids is 1. The highest BCUT2D eigenvalue weighted by atomic mass is 32.2. The van der Waals surface area contributed by atoms with Crippen LogP contribution in [0.25, 0.3) is 5.57 Å². The number of hydrogen-bond acceptors (Lipinski definition) is 7. The zero-order valence-corrected chi connectivity index (χ0v) is 14.6. The second-order valence-electron chi connectivity index (χ2n) is 5.33. The fourth-order valence-corrected chi connectivity index (χ4v) is 4.07. The Labute approximate surface area is 152 Å². The van der Waals surface area contributed by atoms with Gasteiger partial charge in [0.1, 0.15) is 4.32 Å². The summed E-state index contributed by atoms with van der Waals surface area (Å²) < 4.78 is 0.167. The number of thioether (sulfide) groups is 1. The highest BCUT2D eigenvalue weighted by Gasteiger charge is 2.42. The molecule has 0 aliphatic carbocycles. The molecule has 7 nitrogen and oxygen atoms in total. The Morgan fingerprint density at radius 1 is 1.20 bits per heavy atom. The standard InChI is InChI=1S/C16H12N2O5S2/c1-8(19)18-10-5-3-2-4-9(10)12(14(18)22)13-15(23)17(16(24)25-13)7-6-11(20)21/h2-5H,6-7H2,1H3,(H,20,21)/p-1/b13-12-. The Morgan fingerprint density at radius 2 is 1.88 bits per heavy atom. The van der Waals surface area contributed by atoms with Crippen molar-refractivity contribution < 1.29 is 24.3 Å². The van der Waals surface area contributed by atoms with E-state index in [0.717, 1.165) is 21.6 Å². The maximum Gasteiger partial charge on any atom is 0.267 e. The molecule has 1 saturated heterocycles. The third kappa shape index (κ3) is 2.85. The number of nitrogens with zero attached hydrogens (tertiary/aromatic N) is 2. The van der Waals surface area contributed by atoms with Gasteiger partial charge < -0.3 is 9.90 Å². The van der Waals surface area contributed by atoms with Gasteiger partial charge in [-0.05, 0) is 6.07 Å². The molecule has 3 amide bonds. The summed E-state index contributed by atoms with van der Waals surface area (Å²) in [6, 6.07) is 6.67. The molecule has 2 aliphatic rings. The van der Waals surface area contributed by atoms with Gasteiger partial charge in [-0.2, -0.15) is 0 Å². The first-order valence-corrected chi connectivity index (χ1v) is 8.47. The molecule has 0 N–H and O–H groups in total. The van der Waals surface area contributed by atoms with Crippen molar-refractivity contribution in [3.05, 3.63) is 34.7 Å². The number of rotatable bonds is 3. The fraction of sp³-hybridized carbons (Fsp3) is 0.188. The van der Waals surface area contributed by atoms with Crippen LogP contribution in [0.1, 0.15) is 18.9 Å². The average Bonchev–Trinajstić information content (AvgIpc) is 2.98. The molecule has 2 heterocycles. The molecule has 1 aromatic carbocycles. The Balaban J connectivity index is 2.07. The SMILES string of the molecule is CC(=O)N1C(=O)/C(=C2\SC(=S)N(CCC(=O)[O-])C2=O)c2ccccc21. The van der Waals surface area contributed by atoms with Crippen LogP contribution in [0, 0.1) is 0 Å². The van der Waals surface area contributed by atoms with E-state index in [9.17, 15) is 24.3 Å². The lowest BCUT2D eigenvalue weighted by molar-refractivity contribution is -0.305. The molecule has 25 heavy (non-hydrogen) atoms. The Kier molecular flexibility index (Phi) is 4.44. The monoisotopic (exact) mass is 375 g/mol. The summed E-state index contributed by atoms with van der Waals surface area (Å²) in [6.07, 6.45) is -0.362. The van der Waals surface area contributed by atoms with Crippen molar-refractivity contribution in [1.29, 1.82) is 0 Å². The van der Waals surface area contributed by atoms with Gasteiger partial charge in [-0.15, -0.1) is 0 Å². The van der Waals surface area contributed by atoms with E-state index < -0.39 is 23.7 Å². The number of amides is 3.